The molecule has 0 aromatic carbocycles. The van der Waals surface area contributed by atoms with Gasteiger partial charge in [0, 0.05) is 18.9 Å². The van der Waals surface area contributed by atoms with Gasteiger partial charge in [-0.05, 0) is 19.9 Å². The first kappa shape index (κ1) is 7.92. The monoisotopic (exact) mass is 149 g/mol. The summed E-state index contributed by atoms with van der Waals surface area (Å²) in [5.74, 6) is -2.43. The number of nitrogens with one attached hydrogen (secondary N) is 1. The van der Waals surface area contributed by atoms with Crippen LogP contribution < -0.4 is 5.32 Å². The highest BCUT2D eigenvalue weighted by atomic mass is 19.3. The zero-order chi connectivity index (χ0) is 7.61. The van der Waals surface area contributed by atoms with Gasteiger partial charge in [-0.2, -0.15) is 0 Å². The Morgan fingerprint density at radius 1 is 1.50 bits per heavy atom. The lowest BCUT2D eigenvalue weighted by Gasteiger charge is -2.15. The summed E-state index contributed by atoms with van der Waals surface area (Å²) in [5.41, 5.74) is 0. The second-order valence-electron chi connectivity index (χ2n) is 3.02. The molecule has 10 heavy (non-hydrogen) atoms. The van der Waals surface area contributed by atoms with E-state index in [0.717, 1.165) is 6.54 Å². The van der Waals surface area contributed by atoms with E-state index in [-0.39, 0.29) is 18.9 Å². The van der Waals surface area contributed by atoms with Crippen LogP contribution in [-0.2, 0) is 0 Å². The lowest BCUT2D eigenvalue weighted by Crippen LogP contribution is -2.28. The van der Waals surface area contributed by atoms with Gasteiger partial charge in [0.05, 0.1) is 0 Å². The molecule has 1 unspecified atom stereocenters. The number of hydrogen-bond acceptors (Lipinski definition) is 1. The first-order valence-electron chi connectivity index (χ1n) is 3.71. The van der Waals surface area contributed by atoms with Crippen molar-refractivity contribution in [1.82, 2.24) is 5.32 Å². The average Bonchev–Trinajstić information content (AvgIpc) is 1.90. The summed E-state index contributed by atoms with van der Waals surface area (Å²) in [6, 6.07) is -0.0301. The van der Waals surface area contributed by atoms with Gasteiger partial charge in [-0.15, -0.1) is 0 Å². The Morgan fingerprint density at radius 3 is 2.90 bits per heavy atom. The molecule has 1 heterocycles. The largest absolute Gasteiger partial charge is 0.314 e. The summed E-state index contributed by atoms with van der Waals surface area (Å²) in [6.07, 6.45) is 0.634. The Hall–Kier alpha value is -0.180. The molecule has 60 valence electrons. The fourth-order valence-corrected chi connectivity index (χ4v) is 1.32. The predicted molar refractivity (Wildman–Crippen MR) is 36.3 cm³/mol. The summed E-state index contributed by atoms with van der Waals surface area (Å²) < 4.78 is 25.3. The maximum Gasteiger partial charge on any atom is 0.249 e. The highest BCUT2D eigenvalue weighted by Gasteiger charge is 2.32. The van der Waals surface area contributed by atoms with Crippen LogP contribution in [0.3, 0.4) is 0 Å². The lowest BCUT2D eigenvalue weighted by atomic mass is 10.1. The first-order chi connectivity index (χ1) is 4.60. The third-order valence-corrected chi connectivity index (χ3v) is 1.82. The van der Waals surface area contributed by atoms with Crippen LogP contribution in [0.2, 0.25) is 0 Å². The number of rotatable bonds is 0. The molecule has 0 aromatic rings. The van der Waals surface area contributed by atoms with Crippen LogP contribution in [0.25, 0.3) is 0 Å². The molecule has 1 saturated heterocycles. The van der Waals surface area contributed by atoms with E-state index >= 15 is 0 Å². The molecular formula is C7H13F2N. The predicted octanol–water partition coefficient (Wildman–Crippen LogP) is 1.78. The van der Waals surface area contributed by atoms with E-state index in [2.05, 4.69) is 5.32 Å². The quantitative estimate of drug-likeness (QED) is 0.553. The number of hydrogen-bond donors (Lipinski definition) is 1. The van der Waals surface area contributed by atoms with Crippen LogP contribution in [0.1, 0.15) is 26.2 Å². The molecule has 1 fully saturated rings. The molecule has 0 amide bonds. The molecule has 1 rings (SSSR count). The summed E-state index contributed by atoms with van der Waals surface area (Å²) in [7, 11) is 0. The zero-order valence-corrected chi connectivity index (χ0v) is 6.16. The standard InChI is InChI=1S/C7H13F2N/c1-6-5-7(8,9)3-2-4-10-6/h6,10H,2-5H2,1H3. The van der Waals surface area contributed by atoms with Crippen LogP contribution in [0.5, 0.6) is 0 Å². The van der Waals surface area contributed by atoms with Gasteiger partial charge in [0.2, 0.25) is 5.92 Å². The molecular weight excluding hydrogens is 136 g/mol. The van der Waals surface area contributed by atoms with Crippen molar-refractivity contribution in [2.75, 3.05) is 6.54 Å². The summed E-state index contributed by atoms with van der Waals surface area (Å²) in [5, 5.41) is 3.02. The Labute approximate surface area is 59.8 Å². The third kappa shape index (κ3) is 2.21. The van der Waals surface area contributed by atoms with E-state index in [1.54, 1.807) is 6.92 Å². The molecule has 1 N–H and O–H groups in total. The summed E-state index contributed by atoms with van der Waals surface area (Å²) in [6.45, 7) is 2.54. The highest BCUT2D eigenvalue weighted by molar-refractivity contribution is 4.77. The molecule has 1 atom stereocenters. The van der Waals surface area contributed by atoms with Crippen molar-refractivity contribution >= 4 is 0 Å². The van der Waals surface area contributed by atoms with E-state index in [1.807, 2.05) is 0 Å². The molecule has 1 nitrogen and oxygen atoms in total. The van der Waals surface area contributed by atoms with Gasteiger partial charge in [0.25, 0.3) is 0 Å². The number of alkyl halides is 2. The van der Waals surface area contributed by atoms with Crippen LogP contribution in [0.15, 0.2) is 0 Å². The van der Waals surface area contributed by atoms with Crippen molar-refractivity contribution in [2.24, 2.45) is 0 Å². The second kappa shape index (κ2) is 2.82. The fourth-order valence-electron chi connectivity index (χ4n) is 1.32. The minimum absolute atomic E-state index is 0.00694. The van der Waals surface area contributed by atoms with Crippen molar-refractivity contribution < 1.29 is 8.78 Å². The average molecular weight is 149 g/mol. The molecule has 0 aliphatic carbocycles. The fraction of sp³-hybridized carbons (Fsp3) is 1.00. The third-order valence-electron chi connectivity index (χ3n) is 1.82. The SMILES string of the molecule is CC1CC(F)(F)CCCN1. The topological polar surface area (TPSA) is 12.0 Å². The van der Waals surface area contributed by atoms with Gasteiger partial charge < -0.3 is 5.32 Å². The van der Waals surface area contributed by atoms with E-state index in [9.17, 15) is 8.78 Å². The Balaban J connectivity index is 2.46. The Kier molecular flexibility index (Phi) is 2.24. The van der Waals surface area contributed by atoms with Crippen LogP contribution in [-0.4, -0.2) is 18.5 Å². The normalized spacial score (nSPS) is 33.3. The van der Waals surface area contributed by atoms with E-state index in [0.29, 0.717) is 6.42 Å². The Morgan fingerprint density at radius 2 is 2.20 bits per heavy atom. The highest BCUT2D eigenvalue weighted by Crippen LogP contribution is 2.27. The van der Waals surface area contributed by atoms with Gasteiger partial charge in [-0.1, -0.05) is 0 Å². The first-order valence-corrected chi connectivity index (χ1v) is 3.71. The molecule has 0 saturated carbocycles. The molecule has 0 bridgehead atoms. The van der Waals surface area contributed by atoms with Gasteiger partial charge in [-0.25, -0.2) is 8.78 Å². The smallest absolute Gasteiger partial charge is 0.249 e. The maximum atomic E-state index is 12.7. The molecule has 0 spiro atoms. The van der Waals surface area contributed by atoms with Crippen LogP contribution in [0.4, 0.5) is 8.78 Å². The van der Waals surface area contributed by atoms with Crippen molar-refractivity contribution in [3.63, 3.8) is 0 Å². The maximum absolute atomic E-state index is 12.7. The van der Waals surface area contributed by atoms with Gasteiger partial charge in [-0.3, -0.25) is 0 Å². The molecule has 1 aliphatic heterocycles. The minimum atomic E-state index is -2.43. The second-order valence-corrected chi connectivity index (χ2v) is 3.02. The van der Waals surface area contributed by atoms with Gasteiger partial charge >= 0.3 is 0 Å². The molecule has 0 radical (unpaired) electrons. The lowest BCUT2D eigenvalue weighted by molar-refractivity contribution is -0.0170. The molecule has 3 heteroatoms. The van der Waals surface area contributed by atoms with Gasteiger partial charge in [0.1, 0.15) is 0 Å². The molecule has 0 aromatic heterocycles. The van der Waals surface area contributed by atoms with E-state index in [4.69, 9.17) is 0 Å². The molecule has 1 aliphatic rings. The summed E-state index contributed by atoms with van der Waals surface area (Å²) >= 11 is 0. The Bertz CT molecular complexity index is 114. The van der Waals surface area contributed by atoms with Crippen molar-refractivity contribution in [2.45, 2.75) is 38.2 Å². The van der Waals surface area contributed by atoms with E-state index < -0.39 is 5.92 Å². The van der Waals surface area contributed by atoms with Crippen molar-refractivity contribution in [1.29, 1.82) is 0 Å². The number of halogens is 2. The van der Waals surface area contributed by atoms with Crippen LogP contribution in [0, 0.1) is 0 Å². The van der Waals surface area contributed by atoms with Crippen molar-refractivity contribution in [3.8, 4) is 0 Å². The van der Waals surface area contributed by atoms with Crippen LogP contribution >= 0.6 is 0 Å². The van der Waals surface area contributed by atoms with Crippen molar-refractivity contribution in [3.05, 3.63) is 0 Å². The van der Waals surface area contributed by atoms with Gasteiger partial charge in [0.15, 0.2) is 0 Å². The minimum Gasteiger partial charge on any atom is -0.314 e. The van der Waals surface area contributed by atoms with E-state index in [1.165, 1.54) is 0 Å². The summed E-state index contributed by atoms with van der Waals surface area (Å²) in [4.78, 5) is 0. The zero-order valence-electron chi connectivity index (χ0n) is 6.16.